The lowest BCUT2D eigenvalue weighted by molar-refractivity contribution is -0.121. The highest BCUT2D eigenvalue weighted by molar-refractivity contribution is 8.18. The molecular formula is C19H14FN3O2S. The maximum absolute atomic E-state index is 13.0. The van der Waals surface area contributed by atoms with Crippen LogP contribution in [0.2, 0.25) is 0 Å². The van der Waals surface area contributed by atoms with E-state index in [1.165, 1.54) is 28.8 Å². The Kier molecular flexibility index (Phi) is 5.34. The Labute approximate surface area is 154 Å². The summed E-state index contributed by atoms with van der Waals surface area (Å²) >= 11 is 1.25. The van der Waals surface area contributed by atoms with Crippen molar-refractivity contribution >= 4 is 34.6 Å². The van der Waals surface area contributed by atoms with E-state index in [9.17, 15) is 9.18 Å². The van der Waals surface area contributed by atoms with Crippen LogP contribution < -0.4 is 4.74 Å². The van der Waals surface area contributed by atoms with E-state index >= 15 is 0 Å². The van der Waals surface area contributed by atoms with Gasteiger partial charge in [0, 0.05) is 7.05 Å². The number of amides is 1. The Balaban J connectivity index is 1.83. The minimum atomic E-state index is -0.337. The molecular weight excluding hydrogens is 353 g/mol. The Morgan fingerprint density at radius 2 is 2.08 bits per heavy atom. The van der Waals surface area contributed by atoms with Crippen molar-refractivity contribution in [2.75, 3.05) is 13.7 Å². The summed E-state index contributed by atoms with van der Waals surface area (Å²) in [6.07, 6.45) is 1.75. The largest absolute Gasteiger partial charge is 0.479 e. The van der Waals surface area contributed by atoms with Crippen LogP contribution in [0, 0.1) is 17.1 Å². The SMILES string of the molecule is CN1C(=O)/C(=C\c2cccc(OCC#N)c2)SC1=Nc1ccc(F)cc1. The predicted molar refractivity (Wildman–Crippen MR) is 99.4 cm³/mol. The van der Waals surface area contributed by atoms with E-state index < -0.39 is 0 Å². The molecule has 3 rings (SSSR count). The molecule has 26 heavy (non-hydrogen) atoms. The van der Waals surface area contributed by atoms with Gasteiger partial charge in [0.25, 0.3) is 5.91 Å². The third kappa shape index (κ3) is 4.10. The highest BCUT2D eigenvalue weighted by atomic mass is 32.2. The minimum absolute atomic E-state index is 0.0368. The number of likely N-dealkylation sites (N-methyl/N-ethyl adjacent to an activating group) is 1. The zero-order chi connectivity index (χ0) is 18.5. The van der Waals surface area contributed by atoms with Crippen LogP contribution in [0.5, 0.6) is 5.75 Å². The number of nitrogens with zero attached hydrogens (tertiary/aromatic N) is 3. The van der Waals surface area contributed by atoms with Gasteiger partial charge in [-0.2, -0.15) is 5.26 Å². The Bertz CT molecular complexity index is 933. The lowest BCUT2D eigenvalue weighted by Crippen LogP contribution is -2.23. The molecule has 0 N–H and O–H groups in total. The molecule has 1 heterocycles. The minimum Gasteiger partial charge on any atom is -0.479 e. The van der Waals surface area contributed by atoms with Crippen LogP contribution in [0.25, 0.3) is 6.08 Å². The third-order valence-electron chi connectivity index (χ3n) is 3.51. The second-order valence-electron chi connectivity index (χ2n) is 5.36. The van der Waals surface area contributed by atoms with Gasteiger partial charge in [-0.1, -0.05) is 12.1 Å². The van der Waals surface area contributed by atoms with E-state index in [2.05, 4.69) is 4.99 Å². The normalized spacial score (nSPS) is 17.0. The summed E-state index contributed by atoms with van der Waals surface area (Å²) in [7, 11) is 1.64. The molecule has 0 spiro atoms. The molecule has 0 aliphatic carbocycles. The summed E-state index contributed by atoms with van der Waals surface area (Å²) in [5, 5.41) is 9.10. The number of ether oxygens (including phenoxy) is 1. The lowest BCUT2D eigenvalue weighted by atomic mass is 10.2. The molecule has 1 aliphatic heterocycles. The summed E-state index contributed by atoms with van der Waals surface area (Å²) in [5.74, 6) is 0.0562. The molecule has 7 heteroatoms. The third-order valence-corrected chi connectivity index (χ3v) is 4.57. The first-order valence-electron chi connectivity index (χ1n) is 7.68. The van der Waals surface area contributed by atoms with E-state index in [4.69, 9.17) is 10.00 Å². The van der Waals surface area contributed by atoms with E-state index in [0.717, 1.165) is 5.56 Å². The van der Waals surface area contributed by atoms with Crippen molar-refractivity contribution in [1.29, 1.82) is 5.26 Å². The number of nitriles is 1. The van der Waals surface area contributed by atoms with Crippen molar-refractivity contribution in [3.63, 3.8) is 0 Å². The number of rotatable bonds is 4. The molecule has 0 bridgehead atoms. The standard InChI is InChI=1S/C19H14FN3O2S/c1-23-18(24)17(12-13-3-2-4-16(11-13)25-10-9-21)26-19(23)22-15-7-5-14(20)6-8-15/h2-8,11-12H,10H2,1H3/b17-12+,22-19?. The highest BCUT2D eigenvalue weighted by Crippen LogP contribution is 2.33. The fraction of sp³-hybridized carbons (Fsp3) is 0.105. The van der Waals surface area contributed by atoms with Crippen molar-refractivity contribution in [2.45, 2.75) is 0 Å². The number of carbonyl (C=O) groups is 1. The Morgan fingerprint density at radius 3 is 2.81 bits per heavy atom. The van der Waals surface area contributed by atoms with E-state index in [-0.39, 0.29) is 18.3 Å². The van der Waals surface area contributed by atoms with Gasteiger partial charge in [0.15, 0.2) is 11.8 Å². The topological polar surface area (TPSA) is 65.7 Å². The molecule has 0 atom stereocenters. The van der Waals surface area contributed by atoms with Crippen LogP contribution in [-0.2, 0) is 4.79 Å². The molecule has 0 saturated carbocycles. The Hall–Kier alpha value is -3.11. The molecule has 0 unspecified atom stereocenters. The zero-order valence-corrected chi connectivity index (χ0v) is 14.7. The van der Waals surface area contributed by atoms with Crippen LogP contribution in [0.15, 0.2) is 58.4 Å². The molecule has 130 valence electrons. The van der Waals surface area contributed by atoms with Gasteiger partial charge in [-0.15, -0.1) is 0 Å². The van der Waals surface area contributed by atoms with E-state index in [1.807, 2.05) is 12.1 Å². The van der Waals surface area contributed by atoms with Gasteiger partial charge in [0.05, 0.1) is 10.6 Å². The zero-order valence-electron chi connectivity index (χ0n) is 13.8. The highest BCUT2D eigenvalue weighted by Gasteiger charge is 2.30. The lowest BCUT2D eigenvalue weighted by Gasteiger charge is -2.07. The molecule has 2 aromatic carbocycles. The maximum atomic E-state index is 13.0. The van der Waals surface area contributed by atoms with Crippen molar-refractivity contribution in [3.05, 3.63) is 64.8 Å². The van der Waals surface area contributed by atoms with Crippen LogP contribution >= 0.6 is 11.8 Å². The summed E-state index contributed by atoms with van der Waals surface area (Å²) < 4.78 is 18.3. The van der Waals surface area contributed by atoms with E-state index in [1.54, 1.807) is 43.5 Å². The Morgan fingerprint density at radius 1 is 1.31 bits per heavy atom. The first-order valence-corrected chi connectivity index (χ1v) is 8.50. The second-order valence-corrected chi connectivity index (χ2v) is 6.37. The van der Waals surface area contributed by atoms with Crippen LogP contribution in [0.3, 0.4) is 0 Å². The summed E-state index contributed by atoms with van der Waals surface area (Å²) in [6, 6.07) is 14.8. The number of thioether (sulfide) groups is 1. The number of hydrogen-bond acceptors (Lipinski definition) is 5. The number of carbonyl (C=O) groups excluding carboxylic acids is 1. The number of benzene rings is 2. The first-order chi connectivity index (χ1) is 12.6. The molecule has 0 radical (unpaired) electrons. The van der Waals surface area contributed by atoms with Crippen LogP contribution in [0.4, 0.5) is 10.1 Å². The maximum Gasteiger partial charge on any atom is 0.266 e. The quantitative estimate of drug-likeness (QED) is 0.767. The van der Waals surface area contributed by atoms with Crippen molar-refractivity contribution in [2.24, 2.45) is 4.99 Å². The molecule has 0 aromatic heterocycles. The number of halogens is 1. The molecule has 1 fully saturated rings. The summed E-state index contributed by atoms with van der Waals surface area (Å²) in [5.41, 5.74) is 1.36. The van der Waals surface area contributed by atoms with Gasteiger partial charge in [-0.05, 0) is 59.8 Å². The van der Waals surface area contributed by atoms with Gasteiger partial charge in [-0.3, -0.25) is 9.69 Å². The average Bonchev–Trinajstić information content (AvgIpc) is 2.90. The van der Waals surface area contributed by atoms with Crippen molar-refractivity contribution < 1.29 is 13.9 Å². The van der Waals surface area contributed by atoms with Gasteiger partial charge in [-0.25, -0.2) is 9.38 Å². The number of amidine groups is 1. The molecule has 1 amide bonds. The van der Waals surface area contributed by atoms with Crippen molar-refractivity contribution in [3.8, 4) is 11.8 Å². The molecule has 1 aliphatic rings. The monoisotopic (exact) mass is 367 g/mol. The fourth-order valence-electron chi connectivity index (χ4n) is 2.24. The molecule has 2 aromatic rings. The summed E-state index contributed by atoms with van der Waals surface area (Å²) in [4.78, 5) is 18.8. The smallest absolute Gasteiger partial charge is 0.266 e. The van der Waals surface area contributed by atoms with Gasteiger partial charge in [0.2, 0.25) is 0 Å². The van der Waals surface area contributed by atoms with Gasteiger partial charge < -0.3 is 4.74 Å². The van der Waals surface area contributed by atoms with E-state index in [0.29, 0.717) is 21.5 Å². The van der Waals surface area contributed by atoms with Gasteiger partial charge in [0.1, 0.15) is 17.6 Å². The molecule has 1 saturated heterocycles. The van der Waals surface area contributed by atoms with Crippen molar-refractivity contribution in [1.82, 2.24) is 4.90 Å². The van der Waals surface area contributed by atoms with Crippen LogP contribution in [-0.4, -0.2) is 29.6 Å². The summed E-state index contributed by atoms with van der Waals surface area (Å²) in [6.45, 7) is -0.0368. The molecule has 5 nitrogen and oxygen atoms in total. The number of hydrogen-bond donors (Lipinski definition) is 0. The average molecular weight is 367 g/mol. The van der Waals surface area contributed by atoms with Gasteiger partial charge >= 0.3 is 0 Å². The first kappa shape index (κ1) is 17.7. The second kappa shape index (κ2) is 7.85. The van der Waals surface area contributed by atoms with Crippen LogP contribution in [0.1, 0.15) is 5.56 Å². The number of aliphatic imine (C=N–C) groups is 1. The predicted octanol–water partition coefficient (Wildman–Crippen LogP) is 3.96. The fourth-order valence-corrected chi connectivity index (χ4v) is 3.23.